The summed E-state index contributed by atoms with van der Waals surface area (Å²) >= 11 is 0. The minimum atomic E-state index is -3.90. The molecule has 4 nitrogen and oxygen atoms in total. The zero-order valence-electron chi connectivity index (χ0n) is 4.79. The Labute approximate surface area is 88.3 Å². The summed E-state index contributed by atoms with van der Waals surface area (Å²) in [6.45, 7) is 0. The molecule has 0 unspecified atom stereocenters. The maximum atomic E-state index is 9.95. The number of phosphoric ester groups is 1. The summed E-state index contributed by atoms with van der Waals surface area (Å²) in [4.78, 5) is 9.95. The minimum Gasteiger partial charge on any atom is -0.756 e. The Morgan fingerprint density at radius 3 is 1.62 bits per heavy atom. The Hall–Kier alpha value is 1.68. The quantitative estimate of drug-likeness (QED) is 0.491. The van der Waals surface area contributed by atoms with Crippen molar-refractivity contribution < 1.29 is 18.5 Å². The molecule has 0 fully saturated rings. The van der Waals surface area contributed by atoms with Crippen LogP contribution in [-0.4, -0.2) is 63.1 Å². The average Bonchev–Trinajstić information content (AvgIpc) is 1.68. The van der Waals surface area contributed by atoms with Gasteiger partial charge in [0.1, 0.15) is 0 Å². The van der Waals surface area contributed by atoms with Crippen LogP contribution in [0.25, 0.3) is 0 Å². The van der Waals surface area contributed by atoms with Crippen LogP contribution in [0, 0.1) is 0 Å². The molecule has 6 heteroatoms. The van der Waals surface area contributed by atoms with Crippen LogP contribution in [0.1, 0.15) is 0 Å². The van der Waals surface area contributed by atoms with E-state index in [1.165, 1.54) is 0 Å². The van der Waals surface area contributed by atoms with E-state index in [1.54, 1.807) is 0 Å². The topological polar surface area (TPSA) is 58.6 Å². The molecule has 0 spiro atoms. The van der Waals surface area contributed by atoms with Crippen LogP contribution >= 0.6 is 7.82 Å². The molecule has 0 radical (unpaired) electrons. The van der Waals surface area contributed by atoms with Gasteiger partial charge in [0.05, 0.1) is 0 Å². The zero-order chi connectivity index (χ0) is 5.91. The minimum absolute atomic E-state index is 0. The summed E-state index contributed by atoms with van der Waals surface area (Å²) < 4.78 is 17.7. The number of phosphoric acid groups is 1. The van der Waals surface area contributed by atoms with Gasteiger partial charge in [-0.25, -0.2) is 0 Å². The van der Waals surface area contributed by atoms with Crippen molar-refractivity contribution in [2.75, 3.05) is 14.2 Å². The summed E-state index contributed by atoms with van der Waals surface area (Å²) in [6, 6.07) is 0. The fourth-order valence-electron chi connectivity index (χ4n) is 0.0745. The van der Waals surface area contributed by atoms with E-state index in [0.717, 1.165) is 14.2 Å². The first-order chi connectivity index (χ1) is 3.12. The van der Waals surface area contributed by atoms with E-state index < -0.39 is 7.82 Å². The number of hydrogen-bond donors (Lipinski definition) is 0. The summed E-state index contributed by atoms with van der Waals surface area (Å²) in [6.07, 6.45) is 0. The number of hydrogen-bond acceptors (Lipinski definition) is 4. The third kappa shape index (κ3) is 5.81. The largest absolute Gasteiger partial charge is 2.00 e. The second kappa shape index (κ2) is 5.47. The van der Waals surface area contributed by atoms with Crippen LogP contribution in [-0.2, 0) is 13.6 Å². The zero-order valence-corrected chi connectivity index (χ0v) is 10.1. The third-order valence-corrected chi connectivity index (χ3v) is 1.34. The molecule has 0 aromatic rings. The molecule has 0 rings (SSSR count). The van der Waals surface area contributed by atoms with Crippen molar-refractivity contribution in [3.8, 4) is 0 Å². The van der Waals surface area contributed by atoms with Crippen molar-refractivity contribution in [2.24, 2.45) is 0 Å². The fraction of sp³-hybridized carbons (Fsp3) is 1.00. The monoisotopic (exact) mass is 263 g/mol. The molecule has 0 heterocycles. The van der Waals surface area contributed by atoms with Gasteiger partial charge in [-0.3, -0.25) is 4.57 Å². The van der Waals surface area contributed by atoms with Gasteiger partial charge in [0.2, 0.25) is 0 Å². The van der Waals surface area contributed by atoms with Crippen molar-refractivity contribution in [3.05, 3.63) is 0 Å². The van der Waals surface area contributed by atoms with Gasteiger partial charge in [-0.05, 0) is 0 Å². The second-order valence-corrected chi connectivity index (χ2v) is 2.44. The molecule has 0 aliphatic carbocycles. The van der Waals surface area contributed by atoms with E-state index in [9.17, 15) is 9.46 Å². The second-order valence-electron chi connectivity index (χ2n) is 0.812. The molecule has 0 bridgehead atoms. The molecule has 8 heavy (non-hydrogen) atoms. The smallest absolute Gasteiger partial charge is 0.756 e. The maximum Gasteiger partial charge on any atom is 2.00 e. The maximum absolute atomic E-state index is 9.95. The van der Waals surface area contributed by atoms with E-state index in [0.29, 0.717) is 0 Å². The fourth-order valence-corrected chi connectivity index (χ4v) is 0.224. The Kier molecular flexibility index (Phi) is 8.45. The summed E-state index contributed by atoms with van der Waals surface area (Å²) in [5.74, 6) is 0. The Morgan fingerprint density at radius 2 is 1.62 bits per heavy atom. The van der Waals surface area contributed by atoms with Gasteiger partial charge < -0.3 is 13.9 Å². The third-order valence-electron chi connectivity index (χ3n) is 0.447. The van der Waals surface area contributed by atoms with Crippen molar-refractivity contribution in [2.45, 2.75) is 0 Å². The Balaban J connectivity index is 0. The van der Waals surface area contributed by atoms with Crippen LogP contribution in [0.2, 0.25) is 0 Å². The molecule has 0 amide bonds. The standard InChI is InChI=1S/C2H7O4P.Ba/c1-5-7(3,4)6-2;/h1-2H3,(H,3,4);/q;+2/p-1. The average molecular weight is 262 g/mol. The van der Waals surface area contributed by atoms with Crippen LogP contribution in [0.15, 0.2) is 0 Å². The predicted molar refractivity (Wildman–Crippen MR) is 27.4 cm³/mol. The van der Waals surface area contributed by atoms with Crippen molar-refractivity contribution in [1.82, 2.24) is 0 Å². The van der Waals surface area contributed by atoms with E-state index in [-0.39, 0.29) is 48.9 Å². The van der Waals surface area contributed by atoms with Gasteiger partial charge in [-0.1, -0.05) is 0 Å². The van der Waals surface area contributed by atoms with Crippen LogP contribution in [0.5, 0.6) is 0 Å². The Morgan fingerprint density at radius 1 is 1.38 bits per heavy atom. The van der Waals surface area contributed by atoms with E-state index >= 15 is 0 Å². The van der Waals surface area contributed by atoms with Gasteiger partial charge in [0.25, 0.3) is 7.82 Å². The van der Waals surface area contributed by atoms with Gasteiger partial charge in [-0.2, -0.15) is 0 Å². The molecule has 0 saturated carbocycles. The molecule has 0 atom stereocenters. The molecule has 0 aliphatic rings. The molecule has 44 valence electrons. The van der Waals surface area contributed by atoms with Gasteiger partial charge in [0.15, 0.2) is 0 Å². The first kappa shape index (κ1) is 12.4. The van der Waals surface area contributed by atoms with Gasteiger partial charge in [-0.15, -0.1) is 0 Å². The molecular weight excluding hydrogens is 256 g/mol. The van der Waals surface area contributed by atoms with Crippen LogP contribution < -0.4 is 4.89 Å². The molecule has 0 N–H and O–H groups in total. The van der Waals surface area contributed by atoms with Gasteiger partial charge >= 0.3 is 48.9 Å². The summed E-state index contributed by atoms with van der Waals surface area (Å²) in [5, 5.41) is 0. The molecule has 0 saturated heterocycles. The molecule has 0 aliphatic heterocycles. The molecule has 0 aromatic heterocycles. The van der Waals surface area contributed by atoms with Crippen molar-refractivity contribution in [3.63, 3.8) is 0 Å². The predicted octanol–water partition coefficient (Wildman–Crippen LogP) is -0.633. The van der Waals surface area contributed by atoms with Crippen molar-refractivity contribution in [1.29, 1.82) is 0 Å². The first-order valence-corrected chi connectivity index (χ1v) is 3.01. The van der Waals surface area contributed by atoms with E-state index in [4.69, 9.17) is 0 Å². The van der Waals surface area contributed by atoms with E-state index in [2.05, 4.69) is 9.05 Å². The summed E-state index contributed by atoms with van der Waals surface area (Å²) in [7, 11) is -1.83. The normalized spacial score (nSPS) is 10.4. The molecular formula is C2H6BaO4P+. The van der Waals surface area contributed by atoms with Crippen LogP contribution in [0.4, 0.5) is 0 Å². The van der Waals surface area contributed by atoms with E-state index in [1.807, 2.05) is 0 Å². The number of rotatable bonds is 2. The molecule has 0 aromatic carbocycles. The summed E-state index contributed by atoms with van der Waals surface area (Å²) in [5.41, 5.74) is 0. The first-order valence-electron chi connectivity index (χ1n) is 1.55. The van der Waals surface area contributed by atoms with Crippen molar-refractivity contribution >= 4 is 56.7 Å². The SMILES string of the molecule is COP(=O)([O-])OC.[Ba+2]. The van der Waals surface area contributed by atoms with Gasteiger partial charge in [0, 0.05) is 14.2 Å². The van der Waals surface area contributed by atoms with Crippen LogP contribution in [0.3, 0.4) is 0 Å². The Bertz CT molecular complexity index is 86.0.